The van der Waals surface area contributed by atoms with E-state index in [1.54, 1.807) is 6.20 Å². The topological polar surface area (TPSA) is 63.9 Å². The van der Waals surface area contributed by atoms with Gasteiger partial charge in [-0.25, -0.2) is 15.0 Å². The molecule has 1 aliphatic heterocycles. The normalized spacial score (nSPS) is 18.2. The van der Waals surface area contributed by atoms with Crippen LogP contribution in [-0.4, -0.2) is 36.9 Å². The van der Waals surface area contributed by atoms with Crippen molar-refractivity contribution in [2.24, 2.45) is 13.0 Å². The molecule has 6 heteroatoms. The smallest absolute Gasteiger partial charge is 0.225 e. The lowest BCUT2D eigenvalue weighted by molar-refractivity contribution is -0.138. The van der Waals surface area contributed by atoms with Crippen LogP contribution in [0.2, 0.25) is 0 Å². The van der Waals surface area contributed by atoms with E-state index in [9.17, 15) is 4.79 Å². The van der Waals surface area contributed by atoms with Crippen LogP contribution in [0.3, 0.4) is 0 Å². The lowest BCUT2D eigenvalue weighted by Crippen LogP contribution is -2.41. The first-order valence-electron chi connectivity index (χ1n) is 8.61. The summed E-state index contributed by atoms with van der Waals surface area (Å²) in [4.78, 5) is 28.2. The molecule has 0 spiro atoms. The zero-order chi connectivity index (χ0) is 17.3. The van der Waals surface area contributed by atoms with Crippen molar-refractivity contribution in [2.75, 3.05) is 6.54 Å². The van der Waals surface area contributed by atoms with Crippen LogP contribution in [0.1, 0.15) is 50.7 Å². The van der Waals surface area contributed by atoms with Crippen LogP contribution in [0.25, 0.3) is 11.5 Å². The molecule has 0 saturated carbocycles. The van der Waals surface area contributed by atoms with Gasteiger partial charge in [0.2, 0.25) is 5.91 Å². The van der Waals surface area contributed by atoms with Crippen molar-refractivity contribution < 1.29 is 4.79 Å². The van der Waals surface area contributed by atoms with Gasteiger partial charge in [0.1, 0.15) is 11.5 Å². The molecule has 1 aliphatic rings. The number of carbonyl (C=O) groups excluding carboxylic acids is 1. The number of amides is 1. The quantitative estimate of drug-likeness (QED) is 0.869. The Bertz CT molecular complexity index is 737. The minimum Gasteiger partial charge on any atom is -0.334 e. The summed E-state index contributed by atoms with van der Waals surface area (Å²) in [6, 6.07) is 2.03. The van der Waals surface area contributed by atoms with Crippen LogP contribution in [0.4, 0.5) is 0 Å². The number of aromatic nitrogens is 4. The fraction of sp³-hybridized carbons (Fsp3) is 0.556. The fourth-order valence-corrected chi connectivity index (χ4v) is 3.32. The summed E-state index contributed by atoms with van der Waals surface area (Å²) in [7, 11) is 1.95. The molecule has 3 rings (SSSR count). The molecule has 2 aromatic rings. The molecule has 3 heterocycles. The fourth-order valence-electron chi connectivity index (χ4n) is 3.32. The van der Waals surface area contributed by atoms with Gasteiger partial charge >= 0.3 is 0 Å². The number of carbonyl (C=O) groups is 1. The molecule has 0 N–H and O–H groups in total. The summed E-state index contributed by atoms with van der Waals surface area (Å²) in [5.74, 6) is 1.74. The standard InChI is InChI=1S/C18H25N5O/c1-12(2)18(24)23-9-6-5-7-16(23)14-11-15(21-13(3)20-14)17-19-8-10-22(17)4/h8,10-12,16H,5-7,9H2,1-4H3/t16-/m0/s1. The number of nitrogens with zero attached hydrogens (tertiary/aromatic N) is 5. The van der Waals surface area contributed by atoms with Crippen LogP contribution >= 0.6 is 0 Å². The average molecular weight is 327 g/mol. The minimum atomic E-state index is 0.00236. The maximum Gasteiger partial charge on any atom is 0.225 e. The molecule has 1 atom stereocenters. The number of hydrogen-bond acceptors (Lipinski definition) is 4. The number of imidazole rings is 1. The molecule has 24 heavy (non-hydrogen) atoms. The van der Waals surface area contributed by atoms with Crippen molar-refractivity contribution in [1.29, 1.82) is 0 Å². The van der Waals surface area contributed by atoms with Crippen LogP contribution in [0.15, 0.2) is 18.5 Å². The van der Waals surface area contributed by atoms with Gasteiger partial charge in [-0.15, -0.1) is 0 Å². The molecule has 2 aromatic heterocycles. The van der Waals surface area contributed by atoms with E-state index in [2.05, 4.69) is 15.0 Å². The monoisotopic (exact) mass is 327 g/mol. The molecule has 0 aromatic carbocycles. The van der Waals surface area contributed by atoms with E-state index in [1.165, 1.54) is 0 Å². The predicted molar refractivity (Wildman–Crippen MR) is 92.1 cm³/mol. The van der Waals surface area contributed by atoms with E-state index in [4.69, 9.17) is 0 Å². The maximum absolute atomic E-state index is 12.6. The lowest BCUT2D eigenvalue weighted by Gasteiger charge is -2.36. The van der Waals surface area contributed by atoms with E-state index in [0.717, 1.165) is 43.0 Å². The third-order valence-electron chi connectivity index (χ3n) is 4.53. The van der Waals surface area contributed by atoms with Crippen LogP contribution in [-0.2, 0) is 11.8 Å². The van der Waals surface area contributed by atoms with E-state index in [1.807, 2.05) is 49.5 Å². The van der Waals surface area contributed by atoms with Crippen molar-refractivity contribution in [2.45, 2.75) is 46.1 Å². The lowest BCUT2D eigenvalue weighted by atomic mass is 9.97. The molecule has 0 radical (unpaired) electrons. The summed E-state index contributed by atoms with van der Waals surface area (Å²) in [5.41, 5.74) is 1.74. The van der Waals surface area contributed by atoms with Crippen molar-refractivity contribution in [3.05, 3.63) is 30.0 Å². The number of aryl methyl sites for hydroxylation is 2. The van der Waals surface area contributed by atoms with Gasteiger partial charge in [0.15, 0.2) is 5.82 Å². The Morgan fingerprint density at radius 1 is 1.29 bits per heavy atom. The third-order valence-corrected chi connectivity index (χ3v) is 4.53. The maximum atomic E-state index is 12.6. The van der Waals surface area contributed by atoms with Gasteiger partial charge in [-0.3, -0.25) is 4.79 Å². The Labute approximate surface area is 142 Å². The molecule has 1 saturated heterocycles. The van der Waals surface area contributed by atoms with Gasteiger partial charge in [0, 0.05) is 31.9 Å². The highest BCUT2D eigenvalue weighted by Crippen LogP contribution is 2.32. The van der Waals surface area contributed by atoms with Gasteiger partial charge in [-0.05, 0) is 32.3 Å². The molecule has 0 bridgehead atoms. The third kappa shape index (κ3) is 3.18. The van der Waals surface area contributed by atoms with Crippen LogP contribution < -0.4 is 0 Å². The van der Waals surface area contributed by atoms with Gasteiger partial charge in [0.05, 0.1) is 11.7 Å². The van der Waals surface area contributed by atoms with Crippen molar-refractivity contribution in [3.63, 3.8) is 0 Å². The van der Waals surface area contributed by atoms with Gasteiger partial charge < -0.3 is 9.47 Å². The largest absolute Gasteiger partial charge is 0.334 e. The van der Waals surface area contributed by atoms with Crippen molar-refractivity contribution >= 4 is 5.91 Å². The molecular weight excluding hydrogens is 302 g/mol. The molecule has 0 unspecified atom stereocenters. The van der Waals surface area contributed by atoms with E-state index in [-0.39, 0.29) is 17.9 Å². The first-order chi connectivity index (χ1) is 11.5. The van der Waals surface area contributed by atoms with E-state index >= 15 is 0 Å². The number of rotatable bonds is 3. The van der Waals surface area contributed by atoms with Gasteiger partial charge in [-0.2, -0.15) is 0 Å². The van der Waals surface area contributed by atoms with E-state index < -0.39 is 0 Å². The van der Waals surface area contributed by atoms with E-state index in [0.29, 0.717) is 5.82 Å². The van der Waals surface area contributed by atoms with Crippen molar-refractivity contribution in [3.8, 4) is 11.5 Å². The Morgan fingerprint density at radius 2 is 2.08 bits per heavy atom. The summed E-state index contributed by atoms with van der Waals surface area (Å²) in [6.07, 6.45) is 6.80. The highest BCUT2D eigenvalue weighted by atomic mass is 16.2. The van der Waals surface area contributed by atoms with Crippen molar-refractivity contribution in [1.82, 2.24) is 24.4 Å². The predicted octanol–water partition coefficient (Wildman–Crippen LogP) is 2.90. The van der Waals surface area contributed by atoms with Gasteiger partial charge in [-0.1, -0.05) is 13.8 Å². The Hall–Kier alpha value is -2.24. The Kier molecular flexibility index (Phi) is 4.64. The second-order valence-corrected chi connectivity index (χ2v) is 6.78. The zero-order valence-corrected chi connectivity index (χ0v) is 14.9. The second kappa shape index (κ2) is 6.71. The summed E-state index contributed by atoms with van der Waals surface area (Å²) >= 11 is 0. The summed E-state index contributed by atoms with van der Waals surface area (Å²) in [6.45, 7) is 6.62. The molecule has 1 amide bonds. The van der Waals surface area contributed by atoms with Gasteiger partial charge in [0.25, 0.3) is 0 Å². The Morgan fingerprint density at radius 3 is 2.75 bits per heavy atom. The first kappa shape index (κ1) is 16.6. The zero-order valence-electron chi connectivity index (χ0n) is 14.9. The average Bonchev–Trinajstić information content (AvgIpc) is 2.99. The molecular formula is C18H25N5O. The Balaban J connectivity index is 1.99. The molecule has 6 nitrogen and oxygen atoms in total. The SMILES string of the molecule is Cc1nc(-c2nccn2C)cc([C@@H]2CCCCN2C(=O)C(C)C)n1. The highest BCUT2D eigenvalue weighted by molar-refractivity contribution is 5.78. The van der Waals surface area contributed by atoms with Crippen LogP contribution in [0, 0.1) is 12.8 Å². The second-order valence-electron chi connectivity index (χ2n) is 6.78. The molecule has 0 aliphatic carbocycles. The number of hydrogen-bond donors (Lipinski definition) is 0. The molecule has 1 fully saturated rings. The summed E-state index contributed by atoms with van der Waals surface area (Å²) < 4.78 is 1.95. The summed E-state index contributed by atoms with van der Waals surface area (Å²) in [5, 5.41) is 0. The molecule has 128 valence electrons. The van der Waals surface area contributed by atoms with Crippen LogP contribution in [0.5, 0.6) is 0 Å². The minimum absolute atomic E-state index is 0.00236. The first-order valence-corrected chi connectivity index (χ1v) is 8.61. The number of piperidine rings is 1. The highest BCUT2D eigenvalue weighted by Gasteiger charge is 2.30. The number of likely N-dealkylation sites (tertiary alicyclic amines) is 1.